The van der Waals surface area contributed by atoms with Crippen LogP contribution in [0.4, 0.5) is 17.6 Å². The van der Waals surface area contributed by atoms with Crippen LogP contribution in [0.15, 0.2) is 29.2 Å². The number of hydrogen-bond donors (Lipinski definition) is 1. The Kier molecular flexibility index (Phi) is 5.29. The van der Waals surface area contributed by atoms with E-state index in [1.807, 2.05) is 0 Å². The molecule has 1 aromatic rings. The topological polar surface area (TPSA) is 72.5 Å². The van der Waals surface area contributed by atoms with E-state index in [2.05, 4.69) is 4.74 Å². The van der Waals surface area contributed by atoms with E-state index in [0.29, 0.717) is 0 Å². The first-order valence-electron chi connectivity index (χ1n) is 5.45. The number of alkyl halides is 4. The zero-order valence-corrected chi connectivity index (χ0v) is 11.5. The summed E-state index contributed by atoms with van der Waals surface area (Å²) in [4.78, 5) is 10.8. The predicted octanol–water partition coefficient (Wildman–Crippen LogP) is 1.65. The largest absolute Gasteiger partial charge is 0.465 e. The van der Waals surface area contributed by atoms with Crippen LogP contribution in [0.5, 0.6) is 0 Å². The van der Waals surface area contributed by atoms with Crippen molar-refractivity contribution in [1.29, 1.82) is 0 Å². The highest BCUT2D eigenvalue weighted by atomic mass is 32.2. The third-order valence-corrected chi connectivity index (χ3v) is 3.86. The van der Waals surface area contributed by atoms with Crippen molar-refractivity contribution >= 4 is 16.0 Å². The second kappa shape index (κ2) is 6.39. The third-order valence-electron chi connectivity index (χ3n) is 2.40. The first-order valence-corrected chi connectivity index (χ1v) is 6.93. The van der Waals surface area contributed by atoms with E-state index in [1.165, 1.54) is 16.9 Å². The molecule has 0 radical (unpaired) electrons. The molecule has 0 heterocycles. The second-order valence-electron chi connectivity index (χ2n) is 3.87. The number of carbonyl (C=O) groups excluding carboxylic acids is 1. The Morgan fingerprint density at radius 3 is 2.43 bits per heavy atom. The monoisotopic (exact) mass is 329 g/mol. The van der Waals surface area contributed by atoms with Gasteiger partial charge in [0.1, 0.15) is 0 Å². The van der Waals surface area contributed by atoms with E-state index in [1.54, 1.807) is 0 Å². The van der Waals surface area contributed by atoms with Gasteiger partial charge >= 0.3 is 18.3 Å². The molecule has 0 amide bonds. The minimum Gasteiger partial charge on any atom is -0.465 e. The van der Waals surface area contributed by atoms with E-state index in [-0.39, 0.29) is 0 Å². The minimum atomic E-state index is -4.58. The highest BCUT2D eigenvalue weighted by Crippen LogP contribution is 2.23. The second-order valence-corrected chi connectivity index (χ2v) is 5.61. The van der Waals surface area contributed by atoms with Gasteiger partial charge in [-0.2, -0.15) is 8.78 Å². The molecular weight excluding hydrogens is 318 g/mol. The van der Waals surface area contributed by atoms with E-state index >= 15 is 0 Å². The fourth-order valence-corrected chi connectivity index (χ4v) is 2.56. The SMILES string of the molecule is COC(=O)c1ccccc1S(=O)(=O)NCC(F)(F)C(F)F. The van der Waals surface area contributed by atoms with Gasteiger partial charge < -0.3 is 4.74 Å². The van der Waals surface area contributed by atoms with Crippen LogP contribution < -0.4 is 4.72 Å². The molecule has 118 valence electrons. The number of sulfonamides is 1. The number of halogens is 4. The molecule has 0 bridgehead atoms. The smallest absolute Gasteiger partial charge is 0.339 e. The van der Waals surface area contributed by atoms with Gasteiger partial charge in [0.15, 0.2) is 0 Å². The molecule has 21 heavy (non-hydrogen) atoms. The lowest BCUT2D eigenvalue weighted by Gasteiger charge is -2.16. The van der Waals surface area contributed by atoms with Crippen LogP contribution in [0.1, 0.15) is 10.4 Å². The molecule has 0 aliphatic heterocycles. The van der Waals surface area contributed by atoms with E-state index in [4.69, 9.17) is 0 Å². The van der Waals surface area contributed by atoms with Crippen LogP contribution in [0.2, 0.25) is 0 Å². The Bertz CT molecular complexity index is 618. The van der Waals surface area contributed by atoms with Gasteiger partial charge in [0, 0.05) is 0 Å². The van der Waals surface area contributed by atoms with Gasteiger partial charge in [0.2, 0.25) is 10.0 Å². The average molecular weight is 329 g/mol. The van der Waals surface area contributed by atoms with E-state index in [9.17, 15) is 30.8 Å². The zero-order chi connectivity index (χ0) is 16.3. The Morgan fingerprint density at radius 1 is 1.33 bits per heavy atom. The van der Waals surface area contributed by atoms with Crippen molar-refractivity contribution in [2.45, 2.75) is 17.2 Å². The lowest BCUT2D eigenvalue weighted by molar-refractivity contribution is -0.122. The van der Waals surface area contributed by atoms with Crippen molar-refractivity contribution in [2.24, 2.45) is 0 Å². The normalized spacial score (nSPS) is 12.5. The molecule has 0 saturated heterocycles. The molecule has 0 saturated carbocycles. The summed E-state index contributed by atoms with van der Waals surface area (Å²) in [5.74, 6) is -5.52. The number of methoxy groups -OCH3 is 1. The van der Waals surface area contributed by atoms with Gasteiger partial charge in [-0.15, -0.1) is 0 Å². The standard InChI is InChI=1S/C11H11F4NO4S/c1-20-9(17)7-4-2-3-5-8(7)21(18,19)16-6-11(14,15)10(12)13/h2-5,10,16H,6H2,1H3. The number of rotatable bonds is 6. The summed E-state index contributed by atoms with van der Waals surface area (Å²) in [6.07, 6.45) is -4.02. The van der Waals surface area contributed by atoms with Gasteiger partial charge in [-0.05, 0) is 12.1 Å². The van der Waals surface area contributed by atoms with Crippen LogP contribution in [0.3, 0.4) is 0 Å². The van der Waals surface area contributed by atoms with Crippen molar-refractivity contribution in [2.75, 3.05) is 13.7 Å². The summed E-state index contributed by atoms with van der Waals surface area (Å²) >= 11 is 0. The fourth-order valence-electron chi connectivity index (χ4n) is 1.33. The number of benzene rings is 1. The zero-order valence-electron chi connectivity index (χ0n) is 10.6. The van der Waals surface area contributed by atoms with Gasteiger partial charge in [-0.3, -0.25) is 0 Å². The van der Waals surface area contributed by atoms with Crippen molar-refractivity contribution in [3.05, 3.63) is 29.8 Å². The lowest BCUT2D eigenvalue weighted by atomic mass is 10.2. The van der Waals surface area contributed by atoms with E-state index < -0.39 is 45.3 Å². The quantitative estimate of drug-likeness (QED) is 0.636. The Morgan fingerprint density at radius 2 is 1.90 bits per heavy atom. The summed E-state index contributed by atoms with van der Waals surface area (Å²) in [6.45, 7) is -1.79. The lowest BCUT2D eigenvalue weighted by Crippen LogP contribution is -2.41. The van der Waals surface area contributed by atoms with Gasteiger partial charge in [0.05, 0.1) is 24.1 Å². The highest BCUT2D eigenvalue weighted by Gasteiger charge is 2.41. The van der Waals surface area contributed by atoms with Crippen molar-refractivity contribution in [3.8, 4) is 0 Å². The molecule has 0 atom stereocenters. The maximum absolute atomic E-state index is 12.7. The minimum absolute atomic E-state index is 0.395. The summed E-state index contributed by atoms with van der Waals surface area (Å²) in [5.41, 5.74) is -0.395. The van der Waals surface area contributed by atoms with Crippen LogP contribution in [0.25, 0.3) is 0 Å². The van der Waals surface area contributed by atoms with Crippen molar-refractivity contribution in [3.63, 3.8) is 0 Å². The number of hydrogen-bond acceptors (Lipinski definition) is 4. The van der Waals surface area contributed by atoms with Crippen molar-refractivity contribution < 1.29 is 35.5 Å². The molecule has 0 spiro atoms. The molecule has 10 heteroatoms. The molecule has 1 N–H and O–H groups in total. The molecule has 0 aliphatic rings. The summed E-state index contributed by atoms with van der Waals surface area (Å²) in [5, 5.41) is 0. The Hall–Kier alpha value is -1.68. The molecular formula is C11H11F4NO4S. The molecule has 0 unspecified atom stereocenters. The first kappa shape index (κ1) is 17.4. The number of esters is 1. The predicted molar refractivity (Wildman–Crippen MR) is 63.9 cm³/mol. The molecule has 0 aromatic heterocycles. The van der Waals surface area contributed by atoms with Gasteiger partial charge in [0.25, 0.3) is 0 Å². The molecule has 1 aromatic carbocycles. The number of nitrogens with one attached hydrogen (secondary N) is 1. The first-order chi connectivity index (χ1) is 9.62. The van der Waals surface area contributed by atoms with Gasteiger partial charge in [-0.1, -0.05) is 12.1 Å². The Balaban J connectivity index is 3.07. The van der Waals surface area contributed by atoms with E-state index in [0.717, 1.165) is 19.2 Å². The number of carbonyl (C=O) groups is 1. The number of ether oxygens (including phenoxy) is 1. The molecule has 0 aliphatic carbocycles. The Labute approximate surface area is 118 Å². The molecule has 0 fully saturated rings. The van der Waals surface area contributed by atoms with Crippen LogP contribution in [-0.2, 0) is 14.8 Å². The average Bonchev–Trinajstić information content (AvgIpc) is 2.44. The van der Waals surface area contributed by atoms with Gasteiger partial charge in [-0.25, -0.2) is 26.7 Å². The third kappa shape index (κ3) is 4.14. The maximum Gasteiger partial charge on any atom is 0.339 e. The molecule has 5 nitrogen and oxygen atoms in total. The highest BCUT2D eigenvalue weighted by molar-refractivity contribution is 7.89. The fraction of sp³-hybridized carbons (Fsp3) is 0.364. The van der Waals surface area contributed by atoms with Crippen LogP contribution in [-0.4, -0.2) is 40.4 Å². The maximum atomic E-state index is 12.7. The molecule has 1 rings (SSSR count). The summed E-state index contributed by atoms with van der Waals surface area (Å²) < 4.78 is 78.9. The summed E-state index contributed by atoms with van der Waals surface area (Å²) in [7, 11) is -3.57. The van der Waals surface area contributed by atoms with Crippen LogP contribution >= 0.6 is 0 Å². The summed E-state index contributed by atoms with van der Waals surface area (Å²) in [6, 6.07) is 4.64. The van der Waals surface area contributed by atoms with Crippen LogP contribution in [0, 0.1) is 0 Å². The van der Waals surface area contributed by atoms with Crippen molar-refractivity contribution in [1.82, 2.24) is 4.72 Å².